The van der Waals surface area contributed by atoms with Crippen LogP contribution in [0.15, 0.2) is 6.20 Å². The second-order valence-corrected chi connectivity index (χ2v) is 5.71. The number of aryl methyl sites for hydroxylation is 1. The van der Waals surface area contributed by atoms with Crippen LogP contribution in [0.4, 0.5) is 5.82 Å². The Hall–Kier alpha value is -1.62. The maximum Gasteiger partial charge on any atom is 0.137 e. The smallest absolute Gasteiger partial charge is 0.137 e. The van der Waals surface area contributed by atoms with Gasteiger partial charge in [-0.25, -0.2) is 9.97 Å². The zero-order valence-electron chi connectivity index (χ0n) is 11.9. The molecule has 1 N–H and O–H groups in total. The molecule has 0 spiro atoms. The van der Waals surface area contributed by atoms with Crippen molar-refractivity contribution in [1.82, 2.24) is 19.7 Å². The van der Waals surface area contributed by atoms with Crippen molar-refractivity contribution in [1.29, 1.82) is 0 Å². The van der Waals surface area contributed by atoms with Gasteiger partial charge in [0.05, 0.1) is 6.20 Å². The minimum Gasteiger partial charge on any atom is -0.365 e. The third-order valence-electron chi connectivity index (χ3n) is 3.83. The largest absolute Gasteiger partial charge is 0.365 e. The molecule has 1 fully saturated rings. The van der Waals surface area contributed by atoms with Crippen LogP contribution >= 0.6 is 11.6 Å². The van der Waals surface area contributed by atoms with Crippen molar-refractivity contribution < 1.29 is 0 Å². The lowest BCUT2D eigenvalue weighted by atomic mass is 10.2. The number of hydrogen-bond donors (Lipinski definition) is 1. The normalized spacial score (nSPS) is 14.6. The summed E-state index contributed by atoms with van der Waals surface area (Å²) in [5, 5.41) is 8.15. The summed E-state index contributed by atoms with van der Waals surface area (Å²) >= 11 is 6.20. The van der Waals surface area contributed by atoms with Crippen LogP contribution in [0, 0.1) is 13.8 Å². The van der Waals surface area contributed by atoms with E-state index in [1.54, 1.807) is 0 Å². The van der Waals surface area contributed by atoms with Gasteiger partial charge in [-0.05, 0) is 26.7 Å². The van der Waals surface area contributed by atoms with Crippen molar-refractivity contribution in [3.05, 3.63) is 34.0 Å². The molecule has 5 nitrogen and oxygen atoms in total. The molecule has 0 amide bonds. The van der Waals surface area contributed by atoms with Crippen LogP contribution in [0.2, 0.25) is 5.15 Å². The molecule has 2 aromatic heterocycles. The first-order valence-electron chi connectivity index (χ1n) is 6.81. The number of anilines is 1. The second-order valence-electron chi connectivity index (χ2n) is 5.35. The summed E-state index contributed by atoms with van der Waals surface area (Å²) in [6.07, 6.45) is 4.21. The third kappa shape index (κ3) is 2.50. The molecule has 3 rings (SSSR count). The summed E-state index contributed by atoms with van der Waals surface area (Å²) < 4.78 is 1.87. The quantitative estimate of drug-likeness (QED) is 0.880. The Morgan fingerprint density at radius 1 is 1.35 bits per heavy atom. The van der Waals surface area contributed by atoms with Gasteiger partial charge in [0.1, 0.15) is 16.8 Å². The molecule has 0 radical (unpaired) electrons. The van der Waals surface area contributed by atoms with Gasteiger partial charge in [0, 0.05) is 36.3 Å². The topological polar surface area (TPSA) is 55.6 Å². The van der Waals surface area contributed by atoms with E-state index in [2.05, 4.69) is 27.3 Å². The summed E-state index contributed by atoms with van der Waals surface area (Å²) in [4.78, 5) is 8.98. The van der Waals surface area contributed by atoms with E-state index in [4.69, 9.17) is 11.6 Å². The minimum atomic E-state index is 0.494. The van der Waals surface area contributed by atoms with Crippen LogP contribution < -0.4 is 5.32 Å². The Bertz CT molecular complexity index is 645. The monoisotopic (exact) mass is 291 g/mol. The van der Waals surface area contributed by atoms with E-state index < -0.39 is 0 Å². The van der Waals surface area contributed by atoms with Crippen LogP contribution in [0.3, 0.4) is 0 Å². The Morgan fingerprint density at radius 2 is 2.10 bits per heavy atom. The number of aromatic nitrogens is 4. The fraction of sp³-hybridized carbons (Fsp3) is 0.500. The number of rotatable bonds is 4. The molecule has 20 heavy (non-hydrogen) atoms. The van der Waals surface area contributed by atoms with Crippen LogP contribution in [0.25, 0.3) is 0 Å². The molecular weight excluding hydrogens is 274 g/mol. The van der Waals surface area contributed by atoms with Gasteiger partial charge in [-0.15, -0.1) is 0 Å². The SMILES string of the molecule is Cc1c(Cl)nc(C2CC2)nc1NCc1cnn(C)c1C. The fourth-order valence-corrected chi connectivity index (χ4v) is 2.27. The first kappa shape index (κ1) is 13.4. The summed E-state index contributed by atoms with van der Waals surface area (Å²) in [6, 6.07) is 0. The Morgan fingerprint density at radius 3 is 2.70 bits per heavy atom. The molecule has 1 aliphatic carbocycles. The van der Waals surface area contributed by atoms with E-state index in [0.29, 0.717) is 17.6 Å². The van der Waals surface area contributed by atoms with Crippen molar-refractivity contribution in [3.63, 3.8) is 0 Å². The van der Waals surface area contributed by atoms with E-state index in [1.807, 2.05) is 24.9 Å². The molecular formula is C14H18ClN5. The van der Waals surface area contributed by atoms with Crippen molar-refractivity contribution >= 4 is 17.4 Å². The first-order chi connectivity index (χ1) is 9.56. The summed E-state index contributed by atoms with van der Waals surface area (Å²) in [6.45, 7) is 4.69. The average Bonchev–Trinajstić information content (AvgIpc) is 3.22. The highest BCUT2D eigenvalue weighted by molar-refractivity contribution is 6.30. The summed E-state index contributed by atoms with van der Waals surface area (Å²) in [5.74, 6) is 2.19. The van der Waals surface area contributed by atoms with Gasteiger partial charge in [-0.1, -0.05) is 11.6 Å². The number of nitrogens with zero attached hydrogens (tertiary/aromatic N) is 4. The van der Waals surface area contributed by atoms with Gasteiger partial charge in [-0.2, -0.15) is 5.10 Å². The highest BCUT2D eigenvalue weighted by atomic mass is 35.5. The zero-order valence-corrected chi connectivity index (χ0v) is 12.7. The highest BCUT2D eigenvalue weighted by Crippen LogP contribution is 2.39. The van der Waals surface area contributed by atoms with Crippen molar-refractivity contribution in [2.75, 3.05) is 5.32 Å². The molecule has 2 aromatic rings. The molecule has 6 heteroatoms. The second kappa shape index (κ2) is 5.05. The van der Waals surface area contributed by atoms with Crippen LogP contribution in [0.1, 0.15) is 41.4 Å². The molecule has 0 saturated heterocycles. The molecule has 0 unspecified atom stereocenters. The molecule has 0 aliphatic heterocycles. The Balaban J connectivity index is 1.81. The standard InChI is InChI=1S/C14H18ClN5/c1-8-12(15)18-14(10-4-5-10)19-13(8)16-6-11-7-17-20(3)9(11)2/h7,10H,4-6H2,1-3H3,(H,16,18,19). The van der Waals surface area contributed by atoms with E-state index in [0.717, 1.165) is 28.5 Å². The number of hydrogen-bond acceptors (Lipinski definition) is 4. The molecule has 1 saturated carbocycles. The lowest BCUT2D eigenvalue weighted by Crippen LogP contribution is -2.07. The number of nitrogens with one attached hydrogen (secondary N) is 1. The van der Waals surface area contributed by atoms with Crippen molar-refractivity contribution in [3.8, 4) is 0 Å². The highest BCUT2D eigenvalue weighted by Gasteiger charge is 2.28. The predicted molar refractivity (Wildman–Crippen MR) is 79.0 cm³/mol. The third-order valence-corrected chi connectivity index (χ3v) is 4.20. The fourth-order valence-electron chi connectivity index (χ4n) is 2.10. The van der Waals surface area contributed by atoms with Gasteiger partial charge in [-0.3, -0.25) is 4.68 Å². The van der Waals surface area contributed by atoms with Gasteiger partial charge in [0.25, 0.3) is 0 Å². The maximum atomic E-state index is 6.20. The van der Waals surface area contributed by atoms with Gasteiger partial charge in [0.2, 0.25) is 0 Å². The zero-order chi connectivity index (χ0) is 14.3. The molecule has 0 aromatic carbocycles. The van der Waals surface area contributed by atoms with Crippen LogP contribution in [-0.2, 0) is 13.6 Å². The van der Waals surface area contributed by atoms with Gasteiger partial charge >= 0.3 is 0 Å². The molecule has 2 heterocycles. The van der Waals surface area contributed by atoms with Crippen molar-refractivity contribution in [2.45, 2.75) is 39.2 Å². The molecule has 1 aliphatic rings. The lowest BCUT2D eigenvalue weighted by Gasteiger charge is -2.11. The van der Waals surface area contributed by atoms with Gasteiger partial charge in [0.15, 0.2) is 0 Å². The Kier molecular flexibility index (Phi) is 3.38. The molecule has 106 valence electrons. The van der Waals surface area contributed by atoms with Crippen molar-refractivity contribution in [2.24, 2.45) is 7.05 Å². The molecule has 0 bridgehead atoms. The van der Waals surface area contributed by atoms with Crippen LogP contribution in [0.5, 0.6) is 0 Å². The number of halogens is 1. The van der Waals surface area contributed by atoms with Crippen LogP contribution in [-0.4, -0.2) is 19.7 Å². The lowest BCUT2D eigenvalue weighted by molar-refractivity contribution is 0.738. The average molecular weight is 292 g/mol. The van der Waals surface area contributed by atoms with E-state index in [-0.39, 0.29) is 0 Å². The Labute approximate surface area is 123 Å². The summed E-state index contributed by atoms with van der Waals surface area (Å²) in [5.41, 5.74) is 3.21. The van der Waals surface area contributed by atoms with E-state index in [1.165, 1.54) is 12.8 Å². The van der Waals surface area contributed by atoms with E-state index in [9.17, 15) is 0 Å². The predicted octanol–water partition coefficient (Wildman–Crippen LogP) is 2.97. The van der Waals surface area contributed by atoms with E-state index >= 15 is 0 Å². The first-order valence-corrected chi connectivity index (χ1v) is 7.19. The minimum absolute atomic E-state index is 0.494. The van der Waals surface area contributed by atoms with Gasteiger partial charge < -0.3 is 5.32 Å². The molecule has 0 atom stereocenters. The maximum absolute atomic E-state index is 6.20. The summed E-state index contributed by atoms with van der Waals surface area (Å²) in [7, 11) is 1.94.